The number of methoxy groups -OCH3 is 1. The fraction of sp³-hybridized carbons (Fsp3) is 0.136. The third-order valence-corrected chi connectivity index (χ3v) is 4.03. The fourth-order valence-corrected chi connectivity index (χ4v) is 2.61. The number of ether oxygens (including phenoxy) is 2. The van der Waals surface area contributed by atoms with Crippen molar-refractivity contribution >= 4 is 12.0 Å². The molecule has 3 rings (SSSR count). The zero-order valence-corrected chi connectivity index (χ0v) is 15.9. The van der Waals surface area contributed by atoms with Gasteiger partial charge in [-0.25, -0.2) is 4.68 Å². The molecular weight excluding hydrogens is 368 g/mol. The van der Waals surface area contributed by atoms with E-state index in [1.54, 1.807) is 35.2 Å². The molecule has 0 aliphatic carbocycles. The number of rotatable bonds is 8. The van der Waals surface area contributed by atoms with Crippen LogP contribution in [-0.4, -0.2) is 29.4 Å². The van der Waals surface area contributed by atoms with E-state index in [1.807, 2.05) is 42.6 Å². The molecule has 0 aliphatic rings. The van der Waals surface area contributed by atoms with Gasteiger partial charge in [0.1, 0.15) is 6.07 Å². The number of nitrogens with one attached hydrogen (secondary N) is 1. The molecule has 0 bridgehead atoms. The first-order chi connectivity index (χ1) is 14.2. The summed E-state index contributed by atoms with van der Waals surface area (Å²) < 4.78 is 12.3. The van der Waals surface area contributed by atoms with Crippen LogP contribution in [0.5, 0.6) is 11.5 Å². The molecule has 3 aromatic rings. The van der Waals surface area contributed by atoms with Crippen molar-refractivity contribution < 1.29 is 14.3 Å². The molecule has 7 heteroatoms. The van der Waals surface area contributed by atoms with Crippen LogP contribution in [0.15, 0.2) is 67.0 Å². The Balaban J connectivity index is 1.56. The summed E-state index contributed by atoms with van der Waals surface area (Å²) in [6.07, 6.45) is 6.73. The molecule has 7 nitrogen and oxygen atoms in total. The molecular formula is C22H20N4O3. The lowest BCUT2D eigenvalue weighted by Gasteiger charge is -2.08. The maximum Gasteiger partial charge on any atom is 0.244 e. The van der Waals surface area contributed by atoms with E-state index >= 15 is 0 Å². The monoisotopic (exact) mass is 388 g/mol. The van der Waals surface area contributed by atoms with E-state index in [-0.39, 0.29) is 12.5 Å². The van der Waals surface area contributed by atoms with Gasteiger partial charge in [0, 0.05) is 24.4 Å². The predicted octanol–water partition coefficient (Wildman–Crippen LogP) is 3.11. The summed E-state index contributed by atoms with van der Waals surface area (Å²) in [5, 5.41) is 15.7. The highest BCUT2D eigenvalue weighted by Gasteiger charge is 2.05. The summed E-state index contributed by atoms with van der Waals surface area (Å²) in [4.78, 5) is 12.1. The van der Waals surface area contributed by atoms with Gasteiger partial charge in [0.15, 0.2) is 18.1 Å². The molecule has 0 unspecified atom stereocenters. The van der Waals surface area contributed by atoms with Crippen LogP contribution in [0.4, 0.5) is 0 Å². The van der Waals surface area contributed by atoms with Crippen molar-refractivity contribution in [2.75, 3.05) is 13.7 Å². The number of amides is 1. The molecule has 0 atom stereocenters. The minimum atomic E-state index is -0.221. The van der Waals surface area contributed by atoms with Crippen LogP contribution in [0, 0.1) is 11.3 Å². The molecule has 0 radical (unpaired) electrons. The minimum Gasteiger partial charge on any atom is -0.493 e. The predicted molar refractivity (Wildman–Crippen MR) is 109 cm³/mol. The zero-order chi connectivity index (χ0) is 20.5. The molecule has 1 N–H and O–H groups in total. The van der Waals surface area contributed by atoms with Gasteiger partial charge in [-0.2, -0.15) is 10.4 Å². The van der Waals surface area contributed by atoms with E-state index in [0.717, 1.165) is 16.8 Å². The van der Waals surface area contributed by atoms with Crippen LogP contribution >= 0.6 is 0 Å². The topological polar surface area (TPSA) is 89.2 Å². The Kier molecular flexibility index (Phi) is 6.63. The van der Waals surface area contributed by atoms with Crippen LogP contribution in [0.3, 0.4) is 0 Å². The van der Waals surface area contributed by atoms with E-state index in [9.17, 15) is 4.79 Å². The van der Waals surface area contributed by atoms with Gasteiger partial charge in [-0.1, -0.05) is 24.3 Å². The Bertz CT molecular complexity index is 1040. The first-order valence-electron chi connectivity index (χ1n) is 8.92. The van der Waals surface area contributed by atoms with Gasteiger partial charge in [-0.05, 0) is 35.9 Å². The standard InChI is InChI=1S/C22H20N4O3/c1-28-21-13-17(7-9-20(21)29-12-11-23)8-10-22(27)24-14-18-15-25-26(16-18)19-5-3-2-4-6-19/h2-10,13,15-16H,12,14H2,1H3,(H,24,27)/b10-8+. The number of para-hydroxylation sites is 1. The van der Waals surface area contributed by atoms with Crippen molar-refractivity contribution in [2.24, 2.45) is 0 Å². The van der Waals surface area contributed by atoms with Crippen LogP contribution in [0.2, 0.25) is 0 Å². The van der Waals surface area contributed by atoms with E-state index in [0.29, 0.717) is 18.0 Å². The molecule has 2 aromatic carbocycles. The molecule has 0 aliphatic heterocycles. The van der Waals surface area contributed by atoms with Gasteiger partial charge >= 0.3 is 0 Å². The maximum atomic E-state index is 12.1. The summed E-state index contributed by atoms with van der Waals surface area (Å²) >= 11 is 0. The second kappa shape index (κ2) is 9.76. The minimum absolute atomic E-state index is 0.0607. The molecule has 1 heterocycles. The van der Waals surface area contributed by atoms with Crippen molar-refractivity contribution in [3.8, 4) is 23.3 Å². The second-order valence-electron chi connectivity index (χ2n) is 6.04. The summed E-state index contributed by atoms with van der Waals surface area (Å²) in [6.45, 7) is 0.315. The highest BCUT2D eigenvalue weighted by molar-refractivity contribution is 5.91. The van der Waals surface area contributed by atoms with Crippen molar-refractivity contribution in [3.63, 3.8) is 0 Å². The highest BCUT2D eigenvalue weighted by Crippen LogP contribution is 2.28. The van der Waals surface area contributed by atoms with E-state index in [1.165, 1.54) is 13.2 Å². The smallest absolute Gasteiger partial charge is 0.244 e. The second-order valence-corrected chi connectivity index (χ2v) is 6.04. The lowest BCUT2D eigenvalue weighted by atomic mass is 10.2. The molecule has 0 saturated carbocycles. The first-order valence-corrected chi connectivity index (χ1v) is 8.92. The van der Waals surface area contributed by atoms with E-state index in [4.69, 9.17) is 14.7 Å². The summed E-state index contributed by atoms with van der Waals surface area (Å²) in [6, 6.07) is 16.9. The average molecular weight is 388 g/mol. The Hall–Kier alpha value is -4.05. The number of nitriles is 1. The molecule has 146 valence electrons. The maximum absolute atomic E-state index is 12.1. The Morgan fingerprint density at radius 3 is 2.83 bits per heavy atom. The number of aromatic nitrogens is 2. The van der Waals surface area contributed by atoms with E-state index < -0.39 is 0 Å². The van der Waals surface area contributed by atoms with Crippen molar-refractivity contribution in [3.05, 3.63) is 78.1 Å². The van der Waals surface area contributed by atoms with Gasteiger partial charge in [0.05, 0.1) is 19.0 Å². The van der Waals surface area contributed by atoms with Crippen LogP contribution in [-0.2, 0) is 11.3 Å². The highest BCUT2D eigenvalue weighted by atomic mass is 16.5. The molecule has 29 heavy (non-hydrogen) atoms. The molecule has 0 spiro atoms. The quantitative estimate of drug-likeness (QED) is 0.599. The lowest BCUT2D eigenvalue weighted by Crippen LogP contribution is -2.19. The van der Waals surface area contributed by atoms with Gasteiger partial charge in [0.25, 0.3) is 0 Å². The van der Waals surface area contributed by atoms with Gasteiger partial charge < -0.3 is 14.8 Å². The first kappa shape index (κ1) is 19.7. The van der Waals surface area contributed by atoms with Crippen molar-refractivity contribution in [1.29, 1.82) is 5.26 Å². The number of benzene rings is 2. The molecule has 1 amide bonds. The van der Waals surface area contributed by atoms with Gasteiger partial charge in [-0.15, -0.1) is 0 Å². The Morgan fingerprint density at radius 1 is 1.24 bits per heavy atom. The third kappa shape index (κ3) is 5.47. The summed E-state index contributed by atoms with van der Waals surface area (Å²) in [7, 11) is 1.52. The largest absolute Gasteiger partial charge is 0.493 e. The average Bonchev–Trinajstić information content (AvgIpc) is 3.24. The van der Waals surface area contributed by atoms with Gasteiger partial charge in [-0.3, -0.25) is 4.79 Å². The SMILES string of the molecule is COc1cc(/C=C/C(=O)NCc2cnn(-c3ccccc3)c2)ccc1OCC#N. The normalized spacial score (nSPS) is 10.5. The number of hydrogen-bond donors (Lipinski definition) is 1. The van der Waals surface area contributed by atoms with Crippen LogP contribution in [0.1, 0.15) is 11.1 Å². The lowest BCUT2D eigenvalue weighted by molar-refractivity contribution is -0.116. The number of carbonyl (C=O) groups is 1. The summed E-state index contributed by atoms with van der Waals surface area (Å²) in [5.41, 5.74) is 2.63. The van der Waals surface area contributed by atoms with E-state index in [2.05, 4.69) is 10.4 Å². The summed E-state index contributed by atoms with van der Waals surface area (Å²) in [5.74, 6) is 0.753. The number of hydrogen-bond acceptors (Lipinski definition) is 5. The van der Waals surface area contributed by atoms with Crippen molar-refractivity contribution in [1.82, 2.24) is 15.1 Å². The Labute approximate surface area is 168 Å². The van der Waals surface area contributed by atoms with Crippen LogP contribution < -0.4 is 14.8 Å². The molecule has 0 saturated heterocycles. The molecule has 0 fully saturated rings. The third-order valence-electron chi connectivity index (χ3n) is 4.03. The zero-order valence-electron chi connectivity index (χ0n) is 15.9. The molecule has 1 aromatic heterocycles. The number of nitrogens with zero attached hydrogens (tertiary/aromatic N) is 3. The Morgan fingerprint density at radius 2 is 2.07 bits per heavy atom. The van der Waals surface area contributed by atoms with Crippen molar-refractivity contribution in [2.45, 2.75) is 6.54 Å². The number of carbonyl (C=O) groups excluding carboxylic acids is 1. The van der Waals surface area contributed by atoms with Crippen LogP contribution in [0.25, 0.3) is 11.8 Å². The van der Waals surface area contributed by atoms with Gasteiger partial charge in [0.2, 0.25) is 5.91 Å². The fourth-order valence-electron chi connectivity index (χ4n) is 2.61.